The predicted octanol–water partition coefficient (Wildman–Crippen LogP) is 3.88. The van der Waals surface area contributed by atoms with Gasteiger partial charge in [-0.2, -0.15) is 5.26 Å². The first-order valence-electron chi connectivity index (χ1n) is 8.86. The Balaban J connectivity index is 1.47. The van der Waals surface area contributed by atoms with Gasteiger partial charge < -0.3 is 5.32 Å². The molecule has 0 aromatic heterocycles. The van der Waals surface area contributed by atoms with Crippen LogP contribution in [0.2, 0.25) is 0 Å². The van der Waals surface area contributed by atoms with Gasteiger partial charge >= 0.3 is 0 Å². The Kier molecular flexibility index (Phi) is 3.91. The van der Waals surface area contributed by atoms with E-state index >= 15 is 0 Å². The highest BCUT2D eigenvalue weighted by Crippen LogP contribution is 2.60. The number of nitrogens with zero attached hydrogens (tertiary/aromatic N) is 2. The van der Waals surface area contributed by atoms with E-state index in [1.54, 1.807) is 12.1 Å². The molecular formula is C19H23FN4. The number of anilines is 1. The summed E-state index contributed by atoms with van der Waals surface area (Å²) in [6.07, 6.45) is 10.1. The first kappa shape index (κ1) is 15.4. The average Bonchev–Trinajstić information content (AvgIpc) is 2.54. The number of hydrogen-bond donors (Lipinski definition) is 2. The quantitative estimate of drug-likeness (QED) is 0.383. The molecule has 0 saturated heterocycles. The van der Waals surface area contributed by atoms with Crippen LogP contribution in [0.3, 0.4) is 0 Å². The summed E-state index contributed by atoms with van der Waals surface area (Å²) in [7, 11) is 0. The Morgan fingerprint density at radius 3 is 2.25 bits per heavy atom. The molecule has 24 heavy (non-hydrogen) atoms. The van der Waals surface area contributed by atoms with E-state index in [9.17, 15) is 4.39 Å². The van der Waals surface area contributed by atoms with Gasteiger partial charge in [0.15, 0.2) is 6.19 Å². The highest BCUT2D eigenvalue weighted by atomic mass is 19.1. The predicted molar refractivity (Wildman–Crippen MR) is 91.7 cm³/mol. The fraction of sp³-hybridized carbons (Fsp3) is 0.579. The van der Waals surface area contributed by atoms with Crippen LogP contribution in [-0.2, 0) is 0 Å². The highest BCUT2D eigenvalue weighted by Gasteiger charge is 2.50. The topological polar surface area (TPSA) is 60.2 Å². The van der Waals surface area contributed by atoms with Gasteiger partial charge in [-0.1, -0.05) is 0 Å². The summed E-state index contributed by atoms with van der Waals surface area (Å²) in [5, 5.41) is 14.7. The Bertz CT molecular complexity index is 638. The number of halogens is 1. The van der Waals surface area contributed by atoms with E-state index in [1.807, 2.05) is 6.19 Å². The second-order valence-electron chi connectivity index (χ2n) is 7.95. The van der Waals surface area contributed by atoms with Crippen molar-refractivity contribution in [3.63, 3.8) is 0 Å². The van der Waals surface area contributed by atoms with E-state index in [0.717, 1.165) is 30.0 Å². The van der Waals surface area contributed by atoms with Gasteiger partial charge in [-0.15, -0.1) is 0 Å². The van der Waals surface area contributed by atoms with Crippen LogP contribution in [0.4, 0.5) is 10.1 Å². The van der Waals surface area contributed by atoms with Crippen LogP contribution in [0, 0.1) is 40.4 Å². The second-order valence-corrected chi connectivity index (χ2v) is 7.95. The third-order valence-corrected chi connectivity index (χ3v) is 6.02. The van der Waals surface area contributed by atoms with E-state index in [2.05, 4.69) is 10.6 Å². The summed E-state index contributed by atoms with van der Waals surface area (Å²) in [5.41, 5.74) is 1.06. The Labute approximate surface area is 142 Å². The van der Waals surface area contributed by atoms with Gasteiger partial charge in [-0.05, 0) is 86.0 Å². The number of aliphatic imine (C=N–C) groups is 1. The van der Waals surface area contributed by atoms with Crippen LogP contribution in [0.1, 0.15) is 38.5 Å². The molecule has 0 atom stereocenters. The standard InChI is InChI=1S/C19H23FN4/c20-16-1-3-17(4-2-16)24-18(23-12-21)22-11-19-8-13-5-14(9-19)7-15(6-13)10-19/h1-4,13-15H,5-11H2,(H2,22,23,24). The van der Waals surface area contributed by atoms with Crippen molar-refractivity contribution in [3.05, 3.63) is 30.1 Å². The molecule has 0 radical (unpaired) electrons. The van der Waals surface area contributed by atoms with Crippen LogP contribution in [0.5, 0.6) is 0 Å². The minimum atomic E-state index is -0.277. The van der Waals surface area contributed by atoms with Crippen LogP contribution < -0.4 is 10.6 Å². The molecule has 4 fully saturated rings. The van der Waals surface area contributed by atoms with Crippen molar-refractivity contribution in [2.75, 3.05) is 11.9 Å². The number of benzene rings is 1. The van der Waals surface area contributed by atoms with E-state index in [1.165, 1.54) is 50.7 Å². The lowest BCUT2D eigenvalue weighted by molar-refractivity contribution is -0.0465. The van der Waals surface area contributed by atoms with E-state index in [4.69, 9.17) is 10.3 Å². The molecule has 4 aliphatic carbocycles. The molecule has 126 valence electrons. The zero-order valence-corrected chi connectivity index (χ0v) is 13.8. The number of hydrogen-bond acceptors (Lipinski definition) is 2. The summed E-state index contributed by atoms with van der Waals surface area (Å²) in [6.45, 7) is 0.773. The van der Waals surface area contributed by atoms with Gasteiger partial charge in [0.1, 0.15) is 5.82 Å². The van der Waals surface area contributed by atoms with Crippen LogP contribution in [0.15, 0.2) is 29.3 Å². The first-order valence-corrected chi connectivity index (χ1v) is 8.86. The summed E-state index contributed by atoms with van der Waals surface area (Å²) < 4.78 is 13.0. The van der Waals surface area contributed by atoms with E-state index < -0.39 is 0 Å². The highest BCUT2D eigenvalue weighted by molar-refractivity contribution is 5.94. The van der Waals surface area contributed by atoms with Crippen molar-refractivity contribution in [3.8, 4) is 6.19 Å². The lowest BCUT2D eigenvalue weighted by atomic mass is 9.49. The average molecular weight is 326 g/mol. The molecule has 0 unspecified atom stereocenters. The normalized spacial score (nSPS) is 34.0. The molecule has 0 aliphatic heterocycles. The smallest absolute Gasteiger partial charge is 0.209 e. The Morgan fingerprint density at radius 1 is 1.12 bits per heavy atom. The molecule has 0 amide bonds. The molecule has 0 heterocycles. The third-order valence-electron chi connectivity index (χ3n) is 6.02. The van der Waals surface area contributed by atoms with Crippen molar-refractivity contribution >= 4 is 11.6 Å². The molecule has 5 heteroatoms. The molecule has 5 rings (SSSR count). The van der Waals surface area contributed by atoms with Crippen molar-refractivity contribution in [2.24, 2.45) is 28.2 Å². The summed E-state index contributed by atoms with van der Waals surface area (Å²) >= 11 is 0. The van der Waals surface area contributed by atoms with Gasteiger partial charge in [0.2, 0.25) is 5.96 Å². The number of nitriles is 1. The molecule has 4 saturated carbocycles. The van der Waals surface area contributed by atoms with Crippen molar-refractivity contribution in [1.29, 1.82) is 5.26 Å². The lowest BCUT2D eigenvalue weighted by Crippen LogP contribution is -2.47. The maximum Gasteiger partial charge on any atom is 0.209 e. The third kappa shape index (κ3) is 3.10. The molecular weight excluding hydrogens is 303 g/mol. The molecule has 2 N–H and O–H groups in total. The summed E-state index contributed by atoms with van der Waals surface area (Å²) in [5.74, 6) is 2.86. The number of rotatable bonds is 3. The Morgan fingerprint density at radius 2 is 1.71 bits per heavy atom. The van der Waals surface area contributed by atoms with Crippen molar-refractivity contribution in [2.45, 2.75) is 38.5 Å². The molecule has 4 aliphatic rings. The van der Waals surface area contributed by atoms with Crippen molar-refractivity contribution in [1.82, 2.24) is 5.32 Å². The lowest BCUT2D eigenvalue weighted by Gasteiger charge is -2.56. The van der Waals surface area contributed by atoms with Gasteiger partial charge in [-0.3, -0.25) is 10.3 Å². The van der Waals surface area contributed by atoms with Gasteiger partial charge in [0.05, 0.1) is 0 Å². The summed E-state index contributed by atoms with van der Waals surface area (Å²) in [6, 6.07) is 6.08. The van der Waals surface area contributed by atoms with Gasteiger partial charge in [-0.25, -0.2) is 4.39 Å². The Hall–Kier alpha value is -2.09. The van der Waals surface area contributed by atoms with Crippen LogP contribution >= 0.6 is 0 Å². The fourth-order valence-electron chi connectivity index (χ4n) is 5.56. The van der Waals surface area contributed by atoms with E-state index in [0.29, 0.717) is 11.4 Å². The molecule has 0 spiro atoms. The van der Waals surface area contributed by atoms with Crippen LogP contribution in [-0.4, -0.2) is 12.5 Å². The zero-order valence-electron chi connectivity index (χ0n) is 13.8. The maximum absolute atomic E-state index is 13.0. The second kappa shape index (κ2) is 6.08. The fourth-order valence-corrected chi connectivity index (χ4v) is 5.56. The molecule has 4 nitrogen and oxygen atoms in total. The first-order chi connectivity index (χ1) is 11.6. The number of guanidine groups is 1. The largest absolute Gasteiger partial charge is 0.326 e. The monoisotopic (exact) mass is 326 g/mol. The van der Waals surface area contributed by atoms with Crippen molar-refractivity contribution < 1.29 is 4.39 Å². The van der Waals surface area contributed by atoms with Gasteiger partial charge in [0, 0.05) is 12.2 Å². The minimum Gasteiger partial charge on any atom is -0.326 e. The summed E-state index contributed by atoms with van der Waals surface area (Å²) in [4.78, 5) is 4.70. The van der Waals surface area contributed by atoms with E-state index in [-0.39, 0.29) is 5.82 Å². The SMILES string of the molecule is N#CNC(=NCC12CC3CC(CC(C3)C1)C2)Nc1ccc(F)cc1. The minimum absolute atomic E-state index is 0.277. The van der Waals surface area contributed by atoms with Gasteiger partial charge in [0.25, 0.3) is 0 Å². The number of nitrogens with one attached hydrogen (secondary N) is 2. The van der Waals surface area contributed by atoms with Crippen LogP contribution in [0.25, 0.3) is 0 Å². The molecule has 1 aromatic rings. The molecule has 1 aromatic carbocycles. The molecule has 4 bridgehead atoms. The maximum atomic E-state index is 13.0. The zero-order chi connectivity index (χ0) is 16.6.